The minimum absolute atomic E-state index is 0.218. The van der Waals surface area contributed by atoms with Gasteiger partial charge in [0.1, 0.15) is 6.54 Å². The van der Waals surface area contributed by atoms with Crippen molar-refractivity contribution in [3.05, 3.63) is 48.3 Å². The van der Waals surface area contributed by atoms with Gasteiger partial charge in [0, 0.05) is 31.0 Å². The Kier molecular flexibility index (Phi) is 4.71. The number of amides is 1. The monoisotopic (exact) mass is 287 g/mol. The van der Waals surface area contributed by atoms with Crippen molar-refractivity contribution < 1.29 is 14.7 Å². The van der Waals surface area contributed by atoms with Gasteiger partial charge in [0.05, 0.1) is 0 Å². The van der Waals surface area contributed by atoms with E-state index in [1.807, 2.05) is 19.2 Å². The number of benzene rings is 1. The third-order valence-electron chi connectivity index (χ3n) is 3.18. The molecule has 0 bridgehead atoms. The van der Waals surface area contributed by atoms with E-state index in [9.17, 15) is 9.59 Å². The van der Waals surface area contributed by atoms with E-state index >= 15 is 0 Å². The fourth-order valence-corrected chi connectivity index (χ4v) is 2.08. The van der Waals surface area contributed by atoms with Crippen molar-refractivity contribution in [2.24, 2.45) is 7.05 Å². The summed E-state index contributed by atoms with van der Waals surface area (Å²) >= 11 is 0. The predicted octanol–water partition coefficient (Wildman–Crippen LogP) is 1.47. The van der Waals surface area contributed by atoms with Crippen LogP contribution in [-0.2, 0) is 23.1 Å². The maximum absolute atomic E-state index is 12.3. The molecule has 2 aromatic rings. The van der Waals surface area contributed by atoms with E-state index in [-0.39, 0.29) is 18.9 Å². The molecule has 0 aliphatic heterocycles. The van der Waals surface area contributed by atoms with Gasteiger partial charge < -0.3 is 10.0 Å². The fourth-order valence-electron chi connectivity index (χ4n) is 2.08. The molecule has 6 nitrogen and oxygen atoms in total. The third-order valence-corrected chi connectivity index (χ3v) is 3.18. The number of anilines is 1. The zero-order valence-electron chi connectivity index (χ0n) is 11.8. The van der Waals surface area contributed by atoms with Crippen LogP contribution in [0.3, 0.4) is 0 Å². The molecule has 0 atom stereocenters. The van der Waals surface area contributed by atoms with E-state index < -0.39 is 5.97 Å². The summed E-state index contributed by atoms with van der Waals surface area (Å²) in [5, 5.41) is 13.0. The van der Waals surface area contributed by atoms with Gasteiger partial charge in [-0.15, -0.1) is 0 Å². The first-order valence-corrected chi connectivity index (χ1v) is 6.62. The zero-order valence-corrected chi connectivity index (χ0v) is 11.8. The van der Waals surface area contributed by atoms with Crippen molar-refractivity contribution in [3.8, 4) is 0 Å². The van der Waals surface area contributed by atoms with Gasteiger partial charge in [0.15, 0.2) is 0 Å². The molecule has 0 unspecified atom stereocenters. The number of carbonyl (C=O) groups is 2. The molecule has 1 heterocycles. The van der Waals surface area contributed by atoms with Gasteiger partial charge in [-0.1, -0.05) is 18.2 Å². The van der Waals surface area contributed by atoms with Gasteiger partial charge in [-0.05, 0) is 24.6 Å². The van der Waals surface area contributed by atoms with Gasteiger partial charge in [0.25, 0.3) is 0 Å². The standard InChI is InChI=1S/C15H17N3O3/c1-17-12(9-10-16-17)7-8-14(19)18(11-15(20)21)13-5-3-2-4-6-13/h2-6,9-10H,7-8,11H2,1H3,(H,20,21). The number of aryl methyl sites for hydroxylation is 2. The van der Waals surface area contributed by atoms with Crippen molar-refractivity contribution >= 4 is 17.6 Å². The average Bonchev–Trinajstić information content (AvgIpc) is 2.88. The van der Waals surface area contributed by atoms with Crippen LogP contribution in [0.2, 0.25) is 0 Å². The van der Waals surface area contributed by atoms with Crippen molar-refractivity contribution in [3.63, 3.8) is 0 Å². The number of hydrogen-bond acceptors (Lipinski definition) is 3. The smallest absolute Gasteiger partial charge is 0.323 e. The highest BCUT2D eigenvalue weighted by molar-refractivity contribution is 5.97. The largest absolute Gasteiger partial charge is 0.480 e. The summed E-state index contributed by atoms with van der Waals surface area (Å²) in [4.78, 5) is 24.6. The summed E-state index contributed by atoms with van der Waals surface area (Å²) in [5.41, 5.74) is 1.53. The van der Waals surface area contributed by atoms with Gasteiger partial charge in [-0.25, -0.2) is 0 Å². The number of carbonyl (C=O) groups excluding carboxylic acids is 1. The van der Waals surface area contributed by atoms with Crippen LogP contribution >= 0.6 is 0 Å². The number of hydrogen-bond donors (Lipinski definition) is 1. The summed E-state index contributed by atoms with van der Waals surface area (Å²) in [7, 11) is 1.81. The van der Waals surface area contributed by atoms with Crippen LogP contribution in [0.25, 0.3) is 0 Å². The number of carboxylic acid groups (broad SMARTS) is 1. The molecule has 6 heteroatoms. The van der Waals surface area contributed by atoms with Crippen LogP contribution in [0.15, 0.2) is 42.6 Å². The summed E-state index contributed by atoms with van der Waals surface area (Å²) < 4.78 is 1.71. The van der Waals surface area contributed by atoms with Crippen LogP contribution in [-0.4, -0.2) is 33.3 Å². The van der Waals surface area contributed by atoms with Crippen LogP contribution in [0, 0.1) is 0 Å². The third kappa shape index (κ3) is 3.92. The zero-order chi connectivity index (χ0) is 15.2. The van der Waals surface area contributed by atoms with Crippen LogP contribution < -0.4 is 4.90 Å². The number of nitrogens with zero attached hydrogens (tertiary/aromatic N) is 3. The second-order valence-corrected chi connectivity index (χ2v) is 4.66. The maximum atomic E-state index is 12.3. The lowest BCUT2D eigenvalue weighted by Crippen LogP contribution is -2.35. The highest BCUT2D eigenvalue weighted by Crippen LogP contribution is 2.15. The van der Waals surface area contributed by atoms with Crippen LogP contribution in [0.1, 0.15) is 12.1 Å². The minimum atomic E-state index is -1.03. The first-order valence-electron chi connectivity index (χ1n) is 6.62. The number of aromatic nitrogens is 2. The Bertz CT molecular complexity index is 622. The Morgan fingerprint density at radius 1 is 1.24 bits per heavy atom. The van der Waals surface area contributed by atoms with E-state index in [4.69, 9.17) is 5.11 Å². The lowest BCUT2D eigenvalue weighted by molar-refractivity contribution is -0.136. The molecule has 0 aliphatic carbocycles. The lowest BCUT2D eigenvalue weighted by atomic mass is 10.2. The first kappa shape index (κ1) is 14.8. The topological polar surface area (TPSA) is 75.4 Å². The Labute approximate surface area is 122 Å². The molecule has 0 fully saturated rings. The molecule has 0 saturated carbocycles. The molecule has 21 heavy (non-hydrogen) atoms. The fraction of sp³-hybridized carbons (Fsp3) is 0.267. The SMILES string of the molecule is Cn1nccc1CCC(=O)N(CC(=O)O)c1ccccc1. The average molecular weight is 287 g/mol. The molecule has 1 aromatic carbocycles. The maximum Gasteiger partial charge on any atom is 0.323 e. The molecule has 2 rings (SSSR count). The minimum Gasteiger partial charge on any atom is -0.480 e. The quantitative estimate of drug-likeness (QED) is 0.873. The Balaban J connectivity index is 2.08. The van der Waals surface area contributed by atoms with Gasteiger partial charge in [-0.3, -0.25) is 14.3 Å². The normalized spacial score (nSPS) is 10.3. The van der Waals surface area contributed by atoms with E-state index in [1.165, 1.54) is 4.90 Å². The molecule has 1 amide bonds. The summed E-state index contributed by atoms with van der Waals surface area (Å²) in [6.45, 7) is -0.339. The number of carboxylic acids is 1. The molecule has 0 saturated heterocycles. The number of aliphatic carboxylic acids is 1. The number of para-hydroxylation sites is 1. The molecule has 1 aromatic heterocycles. The first-order chi connectivity index (χ1) is 10.1. The van der Waals surface area contributed by atoms with Crippen molar-refractivity contribution in [1.29, 1.82) is 0 Å². The predicted molar refractivity (Wildman–Crippen MR) is 78.0 cm³/mol. The van der Waals surface area contributed by atoms with Gasteiger partial charge in [-0.2, -0.15) is 5.10 Å². The van der Waals surface area contributed by atoms with Crippen LogP contribution in [0.5, 0.6) is 0 Å². The molecule has 110 valence electrons. The lowest BCUT2D eigenvalue weighted by Gasteiger charge is -2.20. The van der Waals surface area contributed by atoms with E-state index in [1.54, 1.807) is 35.1 Å². The Hall–Kier alpha value is -2.63. The van der Waals surface area contributed by atoms with Crippen LogP contribution in [0.4, 0.5) is 5.69 Å². The second-order valence-electron chi connectivity index (χ2n) is 4.66. The van der Waals surface area contributed by atoms with Crippen molar-refractivity contribution in [2.75, 3.05) is 11.4 Å². The van der Waals surface area contributed by atoms with Crippen molar-refractivity contribution in [2.45, 2.75) is 12.8 Å². The highest BCUT2D eigenvalue weighted by Gasteiger charge is 2.18. The van der Waals surface area contributed by atoms with Gasteiger partial charge in [0.2, 0.25) is 5.91 Å². The molecular formula is C15H17N3O3. The van der Waals surface area contributed by atoms with Crippen molar-refractivity contribution in [1.82, 2.24) is 9.78 Å². The van der Waals surface area contributed by atoms with E-state index in [0.717, 1.165) is 5.69 Å². The summed E-state index contributed by atoms with van der Waals surface area (Å²) in [5.74, 6) is -1.25. The molecule has 0 spiro atoms. The second kappa shape index (κ2) is 6.69. The molecule has 1 N–H and O–H groups in total. The van der Waals surface area contributed by atoms with E-state index in [2.05, 4.69) is 5.10 Å². The Morgan fingerprint density at radius 2 is 1.95 bits per heavy atom. The summed E-state index contributed by atoms with van der Waals surface area (Å²) in [6.07, 6.45) is 2.44. The highest BCUT2D eigenvalue weighted by atomic mass is 16.4. The molecular weight excluding hydrogens is 270 g/mol. The molecule has 0 radical (unpaired) electrons. The summed E-state index contributed by atoms with van der Waals surface area (Å²) in [6, 6.07) is 10.7. The van der Waals surface area contributed by atoms with Gasteiger partial charge >= 0.3 is 5.97 Å². The molecule has 0 aliphatic rings. The Morgan fingerprint density at radius 3 is 2.52 bits per heavy atom. The van der Waals surface area contributed by atoms with E-state index in [0.29, 0.717) is 12.1 Å². The number of rotatable bonds is 6.